The second-order valence-corrected chi connectivity index (χ2v) is 7.05. The first-order valence-corrected chi connectivity index (χ1v) is 9.48. The molecule has 1 aliphatic rings. The number of aromatic nitrogens is 2. The average Bonchev–Trinajstić information content (AvgIpc) is 2.72. The van der Waals surface area contributed by atoms with Crippen molar-refractivity contribution in [1.82, 2.24) is 9.97 Å². The van der Waals surface area contributed by atoms with Crippen LogP contribution in [-0.4, -0.2) is 36.8 Å². The number of hydrogen-bond acceptors (Lipinski definition) is 5. The van der Waals surface area contributed by atoms with Crippen LogP contribution in [0.2, 0.25) is 0 Å². The fourth-order valence-electron chi connectivity index (χ4n) is 3.69. The van der Waals surface area contributed by atoms with Gasteiger partial charge in [-0.2, -0.15) is 0 Å². The highest BCUT2D eigenvalue weighted by molar-refractivity contribution is 5.89. The van der Waals surface area contributed by atoms with E-state index in [2.05, 4.69) is 28.1 Å². The Bertz CT molecular complexity index is 911. The molecule has 0 N–H and O–H groups in total. The average molecular weight is 363 g/mol. The van der Waals surface area contributed by atoms with Crippen LogP contribution in [0.4, 0.5) is 5.82 Å². The van der Waals surface area contributed by atoms with E-state index >= 15 is 0 Å². The predicted molar refractivity (Wildman–Crippen MR) is 108 cm³/mol. The van der Waals surface area contributed by atoms with Gasteiger partial charge in [0.15, 0.2) is 0 Å². The lowest BCUT2D eigenvalue weighted by molar-refractivity contribution is 0.228. The minimum Gasteiger partial charge on any atom is -0.497 e. The molecule has 5 nitrogen and oxygen atoms in total. The van der Waals surface area contributed by atoms with Crippen molar-refractivity contribution in [3.05, 3.63) is 54.4 Å². The zero-order valence-corrected chi connectivity index (χ0v) is 15.9. The molecule has 27 heavy (non-hydrogen) atoms. The van der Waals surface area contributed by atoms with Crippen LogP contribution in [0.15, 0.2) is 48.5 Å². The molecule has 0 amide bonds. The molecule has 2 aromatic carbocycles. The van der Waals surface area contributed by atoms with Gasteiger partial charge >= 0.3 is 0 Å². The van der Waals surface area contributed by atoms with Gasteiger partial charge in [-0.15, -0.1) is 0 Å². The smallest absolute Gasteiger partial charge is 0.140 e. The number of para-hydroxylation sites is 1. The van der Waals surface area contributed by atoms with Crippen molar-refractivity contribution in [3.63, 3.8) is 0 Å². The summed E-state index contributed by atoms with van der Waals surface area (Å²) in [6.45, 7) is 4.66. The van der Waals surface area contributed by atoms with Gasteiger partial charge in [-0.1, -0.05) is 12.1 Å². The molecule has 1 saturated heterocycles. The number of hydrogen-bond donors (Lipinski definition) is 0. The zero-order chi connectivity index (χ0) is 18.6. The number of nitrogens with zero attached hydrogens (tertiary/aromatic N) is 3. The quantitative estimate of drug-likeness (QED) is 0.678. The molecule has 4 rings (SSSR count). The summed E-state index contributed by atoms with van der Waals surface area (Å²) in [5.41, 5.74) is 1.01. The second kappa shape index (κ2) is 7.82. The van der Waals surface area contributed by atoms with Crippen LogP contribution in [0.5, 0.6) is 11.5 Å². The van der Waals surface area contributed by atoms with Crippen molar-refractivity contribution in [2.45, 2.75) is 19.8 Å². The summed E-state index contributed by atoms with van der Waals surface area (Å²) in [4.78, 5) is 11.7. The number of methoxy groups -OCH3 is 1. The van der Waals surface area contributed by atoms with E-state index in [1.165, 1.54) is 6.42 Å². The largest absolute Gasteiger partial charge is 0.497 e. The number of anilines is 1. The Morgan fingerprint density at radius 3 is 2.63 bits per heavy atom. The zero-order valence-electron chi connectivity index (χ0n) is 15.9. The highest BCUT2D eigenvalue weighted by atomic mass is 16.5. The van der Waals surface area contributed by atoms with Gasteiger partial charge < -0.3 is 14.4 Å². The standard InChI is InChI=1S/C22H25N3O2/c1-16-23-21-8-4-3-7-20(21)22(24-16)25-13-5-6-17(14-25)15-27-19-11-9-18(26-2)10-12-19/h3-4,7-12,17H,5-6,13-15H2,1-2H3. The summed E-state index contributed by atoms with van der Waals surface area (Å²) in [7, 11) is 1.67. The Morgan fingerprint density at radius 2 is 1.81 bits per heavy atom. The van der Waals surface area contributed by atoms with Gasteiger partial charge in [0, 0.05) is 24.4 Å². The predicted octanol–water partition coefficient (Wildman–Crippen LogP) is 4.24. The van der Waals surface area contributed by atoms with Crippen molar-refractivity contribution in [1.29, 1.82) is 0 Å². The molecule has 1 atom stereocenters. The third-order valence-electron chi connectivity index (χ3n) is 5.06. The lowest BCUT2D eigenvalue weighted by Gasteiger charge is -2.34. The molecular weight excluding hydrogens is 338 g/mol. The Hall–Kier alpha value is -2.82. The van der Waals surface area contributed by atoms with Crippen LogP contribution in [-0.2, 0) is 0 Å². The maximum absolute atomic E-state index is 6.03. The molecular formula is C22H25N3O2. The highest BCUT2D eigenvalue weighted by Crippen LogP contribution is 2.28. The Morgan fingerprint density at radius 1 is 1.04 bits per heavy atom. The van der Waals surface area contributed by atoms with Crippen molar-refractivity contribution in [2.75, 3.05) is 31.7 Å². The molecule has 1 aliphatic heterocycles. The minimum atomic E-state index is 0.481. The van der Waals surface area contributed by atoms with Crippen LogP contribution in [0.25, 0.3) is 10.9 Å². The van der Waals surface area contributed by atoms with Crippen molar-refractivity contribution >= 4 is 16.7 Å². The second-order valence-electron chi connectivity index (χ2n) is 7.05. The maximum Gasteiger partial charge on any atom is 0.140 e. The molecule has 0 aliphatic carbocycles. The molecule has 2 heterocycles. The fourth-order valence-corrected chi connectivity index (χ4v) is 3.69. The first-order chi connectivity index (χ1) is 13.2. The SMILES string of the molecule is COc1ccc(OCC2CCCN(c3nc(C)nc4ccccc34)C2)cc1. The summed E-state index contributed by atoms with van der Waals surface area (Å²) >= 11 is 0. The molecule has 1 aromatic heterocycles. The monoisotopic (exact) mass is 363 g/mol. The van der Waals surface area contributed by atoms with Gasteiger partial charge in [0.2, 0.25) is 0 Å². The fraction of sp³-hybridized carbons (Fsp3) is 0.364. The van der Waals surface area contributed by atoms with E-state index in [1.807, 2.05) is 37.3 Å². The summed E-state index contributed by atoms with van der Waals surface area (Å²) < 4.78 is 11.2. The Kier molecular flexibility index (Phi) is 5.10. The van der Waals surface area contributed by atoms with E-state index in [0.717, 1.165) is 53.6 Å². The van der Waals surface area contributed by atoms with Crippen molar-refractivity contribution < 1.29 is 9.47 Å². The van der Waals surface area contributed by atoms with Crippen LogP contribution in [0, 0.1) is 12.8 Å². The van der Waals surface area contributed by atoms with E-state index in [1.54, 1.807) is 7.11 Å². The molecule has 0 radical (unpaired) electrons. The van der Waals surface area contributed by atoms with E-state index in [0.29, 0.717) is 12.5 Å². The molecule has 1 unspecified atom stereocenters. The number of benzene rings is 2. The summed E-state index contributed by atoms with van der Waals surface area (Å²) in [5.74, 6) is 4.08. The Balaban J connectivity index is 1.46. The van der Waals surface area contributed by atoms with Crippen LogP contribution < -0.4 is 14.4 Å². The summed E-state index contributed by atoms with van der Waals surface area (Å²) in [6, 6.07) is 16.0. The van der Waals surface area contributed by atoms with Gasteiger partial charge in [0.25, 0.3) is 0 Å². The van der Waals surface area contributed by atoms with E-state index in [4.69, 9.17) is 14.5 Å². The van der Waals surface area contributed by atoms with Crippen molar-refractivity contribution in [3.8, 4) is 11.5 Å². The van der Waals surface area contributed by atoms with Crippen LogP contribution >= 0.6 is 0 Å². The molecule has 3 aromatic rings. The van der Waals surface area contributed by atoms with Gasteiger partial charge in [0.1, 0.15) is 23.1 Å². The van der Waals surface area contributed by atoms with Gasteiger partial charge in [-0.05, 0) is 56.2 Å². The normalized spacial score (nSPS) is 17.1. The maximum atomic E-state index is 6.03. The minimum absolute atomic E-state index is 0.481. The molecule has 0 spiro atoms. The van der Waals surface area contributed by atoms with E-state index < -0.39 is 0 Å². The van der Waals surface area contributed by atoms with Gasteiger partial charge in [-0.25, -0.2) is 9.97 Å². The van der Waals surface area contributed by atoms with E-state index in [-0.39, 0.29) is 0 Å². The lowest BCUT2D eigenvalue weighted by Crippen LogP contribution is -2.38. The van der Waals surface area contributed by atoms with Crippen molar-refractivity contribution in [2.24, 2.45) is 5.92 Å². The van der Waals surface area contributed by atoms with Crippen LogP contribution in [0.3, 0.4) is 0 Å². The summed E-state index contributed by atoms with van der Waals surface area (Å²) in [5, 5.41) is 1.12. The van der Waals surface area contributed by atoms with E-state index in [9.17, 15) is 0 Å². The van der Waals surface area contributed by atoms with Gasteiger partial charge in [0.05, 0.1) is 19.2 Å². The number of ether oxygens (including phenoxy) is 2. The summed E-state index contributed by atoms with van der Waals surface area (Å²) in [6.07, 6.45) is 2.32. The first-order valence-electron chi connectivity index (χ1n) is 9.48. The Labute approximate surface area is 160 Å². The topological polar surface area (TPSA) is 47.5 Å². The number of rotatable bonds is 5. The lowest BCUT2D eigenvalue weighted by atomic mass is 9.98. The first kappa shape index (κ1) is 17.6. The number of piperidine rings is 1. The number of aryl methyl sites for hydroxylation is 1. The van der Waals surface area contributed by atoms with Gasteiger partial charge in [-0.3, -0.25) is 0 Å². The van der Waals surface area contributed by atoms with Crippen LogP contribution in [0.1, 0.15) is 18.7 Å². The third kappa shape index (κ3) is 3.97. The third-order valence-corrected chi connectivity index (χ3v) is 5.06. The molecule has 5 heteroatoms. The molecule has 0 bridgehead atoms. The molecule has 1 fully saturated rings. The molecule has 0 saturated carbocycles. The highest BCUT2D eigenvalue weighted by Gasteiger charge is 2.23. The number of fused-ring (bicyclic) bond motifs is 1. The molecule has 140 valence electrons.